The zero-order valence-electron chi connectivity index (χ0n) is 13.9. The van der Waals surface area contributed by atoms with Gasteiger partial charge in [0.05, 0.1) is 18.8 Å². The van der Waals surface area contributed by atoms with E-state index >= 15 is 0 Å². The normalized spacial score (nSPS) is 34.0. The zero-order valence-corrected chi connectivity index (χ0v) is 13.9. The average Bonchev–Trinajstić information content (AvgIpc) is 2.55. The SMILES string of the molecule is COCC1CC[C@H](N(C)c2ccc(F)cc2)[C@]2(O)CCCO[C@H]12. The van der Waals surface area contributed by atoms with Gasteiger partial charge in [-0.2, -0.15) is 0 Å². The van der Waals surface area contributed by atoms with Gasteiger partial charge in [-0.25, -0.2) is 4.39 Å². The van der Waals surface area contributed by atoms with E-state index in [1.807, 2.05) is 7.05 Å². The van der Waals surface area contributed by atoms with Crippen molar-refractivity contribution in [3.05, 3.63) is 30.1 Å². The molecule has 4 nitrogen and oxygen atoms in total. The molecule has 1 saturated heterocycles. The van der Waals surface area contributed by atoms with E-state index in [0.29, 0.717) is 13.2 Å². The summed E-state index contributed by atoms with van der Waals surface area (Å²) >= 11 is 0. The summed E-state index contributed by atoms with van der Waals surface area (Å²) < 4.78 is 24.5. The summed E-state index contributed by atoms with van der Waals surface area (Å²) in [6.45, 7) is 1.31. The molecule has 2 aliphatic rings. The number of fused-ring (bicyclic) bond motifs is 1. The van der Waals surface area contributed by atoms with E-state index < -0.39 is 5.60 Å². The number of aliphatic hydroxyl groups is 1. The molecule has 2 fully saturated rings. The van der Waals surface area contributed by atoms with Gasteiger partial charge in [-0.1, -0.05) is 0 Å². The van der Waals surface area contributed by atoms with Crippen LogP contribution in [0, 0.1) is 11.7 Å². The summed E-state index contributed by atoms with van der Waals surface area (Å²) in [5.74, 6) is -0.0216. The predicted molar refractivity (Wildman–Crippen MR) is 87.1 cm³/mol. The van der Waals surface area contributed by atoms with Crippen molar-refractivity contribution in [2.75, 3.05) is 32.3 Å². The third-order valence-electron chi connectivity index (χ3n) is 5.41. The van der Waals surface area contributed by atoms with E-state index in [1.165, 1.54) is 12.1 Å². The third kappa shape index (κ3) is 3.10. The first kappa shape index (κ1) is 16.7. The number of ether oxygens (including phenoxy) is 2. The molecule has 1 aliphatic carbocycles. The Morgan fingerprint density at radius 3 is 2.78 bits per heavy atom. The number of methoxy groups -OCH3 is 1. The molecule has 128 valence electrons. The second-order valence-electron chi connectivity index (χ2n) is 6.78. The van der Waals surface area contributed by atoms with Gasteiger partial charge in [-0.15, -0.1) is 0 Å². The first-order valence-corrected chi connectivity index (χ1v) is 8.37. The monoisotopic (exact) mass is 323 g/mol. The maximum absolute atomic E-state index is 13.2. The summed E-state index contributed by atoms with van der Waals surface area (Å²) in [6.07, 6.45) is 3.22. The van der Waals surface area contributed by atoms with E-state index in [4.69, 9.17) is 9.47 Å². The Labute approximate surface area is 137 Å². The minimum atomic E-state index is -0.886. The molecule has 3 rings (SSSR count). The van der Waals surface area contributed by atoms with E-state index in [0.717, 1.165) is 31.4 Å². The lowest BCUT2D eigenvalue weighted by Crippen LogP contribution is -2.66. The van der Waals surface area contributed by atoms with E-state index in [-0.39, 0.29) is 23.9 Å². The van der Waals surface area contributed by atoms with Crippen molar-refractivity contribution in [1.29, 1.82) is 0 Å². The zero-order chi connectivity index (χ0) is 16.4. The third-order valence-corrected chi connectivity index (χ3v) is 5.41. The van der Waals surface area contributed by atoms with Crippen LogP contribution < -0.4 is 4.90 Å². The summed E-state index contributed by atoms with van der Waals surface area (Å²) in [5, 5.41) is 11.4. The highest BCUT2D eigenvalue weighted by Crippen LogP contribution is 2.43. The molecular weight excluding hydrogens is 297 g/mol. The Balaban J connectivity index is 1.85. The molecule has 5 heteroatoms. The maximum Gasteiger partial charge on any atom is 0.123 e. The Morgan fingerprint density at radius 2 is 2.09 bits per heavy atom. The maximum atomic E-state index is 13.2. The van der Waals surface area contributed by atoms with Crippen LogP contribution in [0.1, 0.15) is 25.7 Å². The molecule has 0 bridgehead atoms. The van der Waals surface area contributed by atoms with Gasteiger partial charge in [0.1, 0.15) is 11.4 Å². The van der Waals surface area contributed by atoms with Gasteiger partial charge in [0, 0.05) is 32.4 Å². The number of rotatable bonds is 4. The molecule has 1 saturated carbocycles. The Kier molecular flexibility index (Phi) is 4.90. The highest BCUT2D eigenvalue weighted by molar-refractivity contribution is 5.47. The van der Waals surface area contributed by atoms with Gasteiger partial charge >= 0.3 is 0 Å². The molecule has 0 amide bonds. The predicted octanol–water partition coefficient (Wildman–Crippen LogP) is 2.60. The van der Waals surface area contributed by atoms with Crippen LogP contribution in [-0.2, 0) is 9.47 Å². The van der Waals surface area contributed by atoms with Gasteiger partial charge in [0.2, 0.25) is 0 Å². The van der Waals surface area contributed by atoms with E-state index in [1.54, 1.807) is 19.2 Å². The number of benzene rings is 1. The molecule has 4 atom stereocenters. The van der Waals surface area contributed by atoms with Crippen LogP contribution in [0.25, 0.3) is 0 Å². The van der Waals surface area contributed by atoms with Gasteiger partial charge < -0.3 is 19.5 Å². The second-order valence-corrected chi connectivity index (χ2v) is 6.78. The molecule has 1 N–H and O–H groups in total. The average molecular weight is 323 g/mol. The van der Waals surface area contributed by atoms with Crippen LogP contribution in [0.15, 0.2) is 24.3 Å². The highest BCUT2D eigenvalue weighted by Gasteiger charge is 2.54. The molecule has 0 radical (unpaired) electrons. The second kappa shape index (κ2) is 6.75. The van der Waals surface area contributed by atoms with Crippen LogP contribution >= 0.6 is 0 Å². The Morgan fingerprint density at radius 1 is 1.35 bits per heavy atom. The Bertz CT molecular complexity index is 524. The van der Waals surface area contributed by atoms with Crippen LogP contribution in [-0.4, -0.2) is 50.2 Å². The van der Waals surface area contributed by atoms with Crippen LogP contribution in [0.2, 0.25) is 0 Å². The number of halogens is 1. The molecule has 1 aromatic carbocycles. The number of hydrogen-bond donors (Lipinski definition) is 1. The minimum Gasteiger partial charge on any atom is -0.385 e. The highest BCUT2D eigenvalue weighted by atomic mass is 19.1. The number of anilines is 1. The lowest BCUT2D eigenvalue weighted by Gasteiger charge is -2.54. The first-order valence-electron chi connectivity index (χ1n) is 8.37. The smallest absolute Gasteiger partial charge is 0.123 e. The molecule has 1 heterocycles. The summed E-state index contributed by atoms with van der Waals surface area (Å²) in [5.41, 5.74) is 0.0300. The summed E-state index contributed by atoms with van der Waals surface area (Å²) in [6, 6.07) is 6.41. The molecular formula is C18H26FNO3. The summed E-state index contributed by atoms with van der Waals surface area (Å²) in [4.78, 5) is 2.07. The molecule has 0 spiro atoms. The van der Waals surface area contributed by atoms with Crippen molar-refractivity contribution >= 4 is 5.69 Å². The van der Waals surface area contributed by atoms with Gasteiger partial charge in [-0.3, -0.25) is 0 Å². The topological polar surface area (TPSA) is 41.9 Å². The Hall–Kier alpha value is -1.17. The van der Waals surface area contributed by atoms with Crippen molar-refractivity contribution in [3.63, 3.8) is 0 Å². The lowest BCUT2D eigenvalue weighted by molar-refractivity contribution is -0.200. The fourth-order valence-electron chi connectivity index (χ4n) is 4.30. The molecule has 23 heavy (non-hydrogen) atoms. The summed E-state index contributed by atoms with van der Waals surface area (Å²) in [7, 11) is 3.66. The molecule has 1 aromatic rings. The van der Waals surface area contributed by atoms with Gasteiger partial charge in [0.25, 0.3) is 0 Å². The van der Waals surface area contributed by atoms with Gasteiger partial charge in [-0.05, 0) is 49.9 Å². The molecule has 0 aromatic heterocycles. The quantitative estimate of drug-likeness (QED) is 0.925. The van der Waals surface area contributed by atoms with Crippen molar-refractivity contribution in [2.24, 2.45) is 5.92 Å². The standard InChI is InChI=1S/C18H26FNO3/c1-20(15-7-5-14(19)6-8-15)16-9-4-13(12-22-2)17-18(16,21)10-3-11-23-17/h5-8,13,16-17,21H,3-4,9-12H2,1-2H3/t13?,16-,17+,18+/m0/s1. The van der Waals surface area contributed by atoms with Crippen LogP contribution in [0.3, 0.4) is 0 Å². The largest absolute Gasteiger partial charge is 0.385 e. The number of hydrogen-bond acceptors (Lipinski definition) is 4. The minimum absolute atomic E-state index is 0.0358. The fraction of sp³-hybridized carbons (Fsp3) is 0.667. The first-order chi connectivity index (χ1) is 11.1. The van der Waals surface area contributed by atoms with Crippen molar-refractivity contribution < 1.29 is 19.0 Å². The van der Waals surface area contributed by atoms with Crippen LogP contribution in [0.4, 0.5) is 10.1 Å². The van der Waals surface area contributed by atoms with Crippen molar-refractivity contribution in [3.8, 4) is 0 Å². The van der Waals surface area contributed by atoms with E-state index in [2.05, 4.69) is 4.90 Å². The van der Waals surface area contributed by atoms with Crippen LogP contribution in [0.5, 0.6) is 0 Å². The molecule has 1 aliphatic heterocycles. The number of nitrogens with zero attached hydrogens (tertiary/aromatic N) is 1. The van der Waals surface area contributed by atoms with E-state index in [9.17, 15) is 9.50 Å². The van der Waals surface area contributed by atoms with Gasteiger partial charge in [0.15, 0.2) is 0 Å². The lowest BCUT2D eigenvalue weighted by atomic mass is 9.68. The fourth-order valence-corrected chi connectivity index (χ4v) is 4.30. The van der Waals surface area contributed by atoms with Crippen molar-refractivity contribution in [1.82, 2.24) is 0 Å². The molecule has 1 unspecified atom stereocenters. The number of likely N-dealkylation sites (N-methyl/N-ethyl adjacent to an activating group) is 1. The van der Waals surface area contributed by atoms with Crippen molar-refractivity contribution in [2.45, 2.75) is 43.4 Å².